The number of thioether (sulfide) groups is 1. The molecule has 0 atom stereocenters. The van der Waals surface area contributed by atoms with Gasteiger partial charge < -0.3 is 10.3 Å². The summed E-state index contributed by atoms with van der Waals surface area (Å²) in [5.41, 5.74) is 8.53. The van der Waals surface area contributed by atoms with Gasteiger partial charge in [-0.25, -0.2) is 0 Å². The molecule has 0 saturated carbocycles. The first-order chi connectivity index (χ1) is 7.20. The van der Waals surface area contributed by atoms with Crippen LogP contribution in [0.4, 0.5) is 5.88 Å². The fourth-order valence-corrected chi connectivity index (χ4v) is 2.05. The molecule has 2 rings (SSSR count). The first-order valence-corrected chi connectivity index (χ1v) is 5.80. The van der Waals surface area contributed by atoms with Gasteiger partial charge in [0.15, 0.2) is 0 Å². The zero-order valence-electron chi connectivity index (χ0n) is 8.65. The Morgan fingerprint density at radius 1 is 1.33 bits per heavy atom. The van der Waals surface area contributed by atoms with Crippen molar-refractivity contribution in [3.05, 3.63) is 29.8 Å². The molecule has 0 aliphatic carbocycles. The van der Waals surface area contributed by atoms with E-state index in [1.807, 2.05) is 6.07 Å². The summed E-state index contributed by atoms with van der Waals surface area (Å²) in [5, 5.41) is 3.88. The predicted octanol–water partition coefficient (Wildman–Crippen LogP) is 2.95. The standard InChI is InChI=1S/C11H12N2OS/c1-7-5-8(3-4-10(7)15-2)9-6-11(12)14-13-9/h3-6H,12H2,1-2H3. The summed E-state index contributed by atoms with van der Waals surface area (Å²) in [4.78, 5) is 1.27. The van der Waals surface area contributed by atoms with Crippen LogP contribution in [-0.4, -0.2) is 11.4 Å². The topological polar surface area (TPSA) is 52.0 Å². The average molecular weight is 220 g/mol. The number of nitrogens with two attached hydrogens (primary N) is 1. The molecule has 0 unspecified atom stereocenters. The Balaban J connectivity index is 2.42. The Morgan fingerprint density at radius 2 is 2.13 bits per heavy atom. The van der Waals surface area contributed by atoms with Crippen molar-refractivity contribution >= 4 is 17.6 Å². The maximum absolute atomic E-state index is 5.48. The summed E-state index contributed by atoms with van der Waals surface area (Å²) in [6, 6.07) is 7.92. The van der Waals surface area contributed by atoms with E-state index in [9.17, 15) is 0 Å². The number of nitrogens with zero attached hydrogens (tertiary/aromatic N) is 1. The van der Waals surface area contributed by atoms with Crippen LogP contribution in [-0.2, 0) is 0 Å². The second-order valence-electron chi connectivity index (χ2n) is 3.30. The van der Waals surface area contributed by atoms with Gasteiger partial charge >= 0.3 is 0 Å². The quantitative estimate of drug-likeness (QED) is 0.790. The summed E-state index contributed by atoms with van der Waals surface area (Å²) in [6.07, 6.45) is 2.07. The van der Waals surface area contributed by atoms with Gasteiger partial charge in [-0.2, -0.15) is 0 Å². The molecule has 0 radical (unpaired) electrons. The number of nitrogen functional groups attached to an aromatic ring is 1. The van der Waals surface area contributed by atoms with Crippen molar-refractivity contribution in [1.82, 2.24) is 5.16 Å². The van der Waals surface area contributed by atoms with Crippen LogP contribution in [0.15, 0.2) is 33.7 Å². The zero-order valence-corrected chi connectivity index (χ0v) is 9.47. The minimum atomic E-state index is 0.344. The molecular formula is C11H12N2OS. The molecular weight excluding hydrogens is 208 g/mol. The van der Waals surface area contributed by atoms with Crippen molar-refractivity contribution in [2.45, 2.75) is 11.8 Å². The third-order valence-corrected chi connectivity index (χ3v) is 3.12. The highest BCUT2D eigenvalue weighted by atomic mass is 32.2. The molecule has 2 aromatic rings. The number of hydrogen-bond donors (Lipinski definition) is 1. The number of rotatable bonds is 2. The van der Waals surface area contributed by atoms with Crippen LogP contribution in [0.3, 0.4) is 0 Å². The van der Waals surface area contributed by atoms with Crippen LogP contribution in [0, 0.1) is 6.92 Å². The molecule has 0 fully saturated rings. The lowest BCUT2D eigenvalue weighted by atomic mass is 10.1. The molecule has 0 amide bonds. The molecule has 0 aliphatic heterocycles. The van der Waals surface area contributed by atoms with E-state index in [1.54, 1.807) is 17.8 Å². The highest BCUT2D eigenvalue weighted by Crippen LogP contribution is 2.26. The Morgan fingerprint density at radius 3 is 2.67 bits per heavy atom. The highest BCUT2D eigenvalue weighted by molar-refractivity contribution is 7.98. The van der Waals surface area contributed by atoms with Gasteiger partial charge in [-0.05, 0) is 30.9 Å². The van der Waals surface area contributed by atoms with Crippen LogP contribution in [0.25, 0.3) is 11.3 Å². The molecule has 78 valence electrons. The molecule has 2 N–H and O–H groups in total. The Labute approximate surface area is 92.6 Å². The fraction of sp³-hybridized carbons (Fsp3) is 0.182. The van der Waals surface area contributed by atoms with Crippen molar-refractivity contribution in [3.63, 3.8) is 0 Å². The molecule has 1 heterocycles. The van der Waals surface area contributed by atoms with Gasteiger partial charge in [0.2, 0.25) is 5.88 Å². The van der Waals surface area contributed by atoms with Crippen molar-refractivity contribution in [2.24, 2.45) is 0 Å². The average Bonchev–Trinajstić information content (AvgIpc) is 2.65. The minimum absolute atomic E-state index is 0.344. The Kier molecular flexibility index (Phi) is 2.68. The van der Waals surface area contributed by atoms with Gasteiger partial charge in [-0.3, -0.25) is 0 Å². The van der Waals surface area contributed by atoms with E-state index < -0.39 is 0 Å². The molecule has 1 aromatic carbocycles. The van der Waals surface area contributed by atoms with Crippen LogP contribution >= 0.6 is 11.8 Å². The monoisotopic (exact) mass is 220 g/mol. The molecule has 0 spiro atoms. The minimum Gasteiger partial charge on any atom is -0.368 e. The maximum Gasteiger partial charge on any atom is 0.222 e. The lowest BCUT2D eigenvalue weighted by molar-refractivity contribution is 0.439. The summed E-state index contributed by atoms with van der Waals surface area (Å²) >= 11 is 1.74. The largest absolute Gasteiger partial charge is 0.368 e. The molecule has 1 aromatic heterocycles. The number of aryl methyl sites for hydroxylation is 1. The third kappa shape index (κ3) is 1.99. The molecule has 4 heteroatoms. The van der Waals surface area contributed by atoms with E-state index in [0.717, 1.165) is 11.3 Å². The van der Waals surface area contributed by atoms with E-state index >= 15 is 0 Å². The second-order valence-corrected chi connectivity index (χ2v) is 4.15. The molecule has 0 aliphatic rings. The SMILES string of the molecule is CSc1ccc(-c2cc(N)on2)cc1C. The van der Waals surface area contributed by atoms with Gasteiger partial charge in [-0.1, -0.05) is 11.2 Å². The highest BCUT2D eigenvalue weighted by Gasteiger charge is 2.05. The smallest absolute Gasteiger partial charge is 0.222 e. The Hall–Kier alpha value is -1.42. The predicted molar refractivity (Wildman–Crippen MR) is 62.9 cm³/mol. The van der Waals surface area contributed by atoms with Crippen molar-refractivity contribution in [2.75, 3.05) is 12.0 Å². The van der Waals surface area contributed by atoms with Crippen molar-refractivity contribution in [1.29, 1.82) is 0 Å². The number of anilines is 1. The number of hydrogen-bond acceptors (Lipinski definition) is 4. The van der Waals surface area contributed by atoms with Gasteiger partial charge in [0.25, 0.3) is 0 Å². The van der Waals surface area contributed by atoms with Gasteiger partial charge in [0.1, 0.15) is 5.69 Å². The number of aromatic nitrogens is 1. The van der Waals surface area contributed by atoms with Gasteiger partial charge in [-0.15, -0.1) is 11.8 Å². The second kappa shape index (κ2) is 3.98. The zero-order chi connectivity index (χ0) is 10.8. The van der Waals surface area contributed by atoms with Crippen molar-refractivity contribution < 1.29 is 4.52 Å². The van der Waals surface area contributed by atoms with Gasteiger partial charge in [0, 0.05) is 16.5 Å². The maximum atomic E-state index is 5.48. The molecule has 15 heavy (non-hydrogen) atoms. The van der Waals surface area contributed by atoms with E-state index in [-0.39, 0.29) is 0 Å². The van der Waals surface area contributed by atoms with E-state index in [4.69, 9.17) is 10.3 Å². The lowest BCUT2D eigenvalue weighted by Gasteiger charge is -2.03. The summed E-state index contributed by atoms with van der Waals surface area (Å²) in [7, 11) is 0. The van der Waals surface area contributed by atoms with Gasteiger partial charge in [0.05, 0.1) is 0 Å². The molecule has 0 bridgehead atoms. The normalized spacial score (nSPS) is 10.5. The third-order valence-electron chi connectivity index (χ3n) is 2.22. The van der Waals surface area contributed by atoms with E-state index in [1.165, 1.54) is 10.5 Å². The fourth-order valence-electron chi connectivity index (χ4n) is 1.46. The summed E-state index contributed by atoms with van der Waals surface area (Å²) < 4.78 is 4.84. The van der Waals surface area contributed by atoms with E-state index in [2.05, 4.69) is 30.5 Å². The van der Waals surface area contributed by atoms with Crippen LogP contribution in [0.1, 0.15) is 5.56 Å². The van der Waals surface area contributed by atoms with Crippen LogP contribution in [0.2, 0.25) is 0 Å². The van der Waals surface area contributed by atoms with Crippen LogP contribution < -0.4 is 5.73 Å². The lowest BCUT2D eigenvalue weighted by Crippen LogP contribution is -1.82. The molecule has 0 saturated heterocycles. The summed E-state index contributed by atoms with van der Waals surface area (Å²) in [5.74, 6) is 0.344. The van der Waals surface area contributed by atoms with E-state index in [0.29, 0.717) is 5.88 Å². The first-order valence-electron chi connectivity index (χ1n) is 4.58. The van der Waals surface area contributed by atoms with Crippen molar-refractivity contribution in [3.8, 4) is 11.3 Å². The molecule has 3 nitrogen and oxygen atoms in total. The first kappa shape index (κ1) is 10.1. The summed E-state index contributed by atoms with van der Waals surface area (Å²) in [6.45, 7) is 2.08. The van der Waals surface area contributed by atoms with Crippen LogP contribution in [0.5, 0.6) is 0 Å². The Bertz CT molecular complexity index is 479. The number of benzene rings is 1.